The summed E-state index contributed by atoms with van der Waals surface area (Å²) in [5.41, 5.74) is 7.31. The lowest BCUT2D eigenvalue weighted by molar-refractivity contribution is -0.141. The summed E-state index contributed by atoms with van der Waals surface area (Å²) < 4.78 is 4.45. The lowest BCUT2D eigenvalue weighted by Gasteiger charge is -2.11. The van der Waals surface area contributed by atoms with Crippen molar-refractivity contribution in [1.29, 1.82) is 0 Å². The average molecular weight is 333 g/mol. The molecule has 1 aliphatic rings. The Morgan fingerprint density at radius 1 is 1.21 bits per heavy atom. The number of anilines is 1. The first kappa shape index (κ1) is 17.9. The Kier molecular flexibility index (Phi) is 6.31. The first-order chi connectivity index (χ1) is 11.5. The number of hydrogen-bond donors (Lipinski definition) is 3. The summed E-state index contributed by atoms with van der Waals surface area (Å²) in [5.74, 6) is -0.791. The van der Waals surface area contributed by atoms with E-state index in [9.17, 15) is 14.4 Å². The summed E-state index contributed by atoms with van der Waals surface area (Å²) in [4.78, 5) is 34.8. The number of benzene rings is 1. The summed E-state index contributed by atoms with van der Waals surface area (Å²) in [7, 11) is 1.26. The maximum Gasteiger partial charge on any atom is 0.325 e. The fourth-order valence-electron chi connectivity index (χ4n) is 2.70. The van der Waals surface area contributed by atoms with E-state index in [1.54, 1.807) is 24.3 Å². The Bertz CT molecular complexity index is 600. The van der Waals surface area contributed by atoms with Gasteiger partial charge in [-0.2, -0.15) is 0 Å². The van der Waals surface area contributed by atoms with Gasteiger partial charge in [-0.3, -0.25) is 14.4 Å². The normalized spacial score (nSPS) is 19.6. The number of esters is 1. The lowest BCUT2D eigenvalue weighted by Crippen LogP contribution is -2.31. The van der Waals surface area contributed by atoms with Gasteiger partial charge in [0.25, 0.3) is 0 Å². The second kappa shape index (κ2) is 8.44. The monoisotopic (exact) mass is 333 g/mol. The molecule has 2 unspecified atom stereocenters. The Morgan fingerprint density at radius 2 is 1.92 bits per heavy atom. The number of rotatable bonds is 6. The van der Waals surface area contributed by atoms with E-state index in [0.717, 1.165) is 24.8 Å². The van der Waals surface area contributed by atoms with Crippen LogP contribution in [0, 0.1) is 5.92 Å². The minimum Gasteiger partial charge on any atom is -0.468 e. The zero-order valence-electron chi connectivity index (χ0n) is 13.7. The molecule has 1 saturated carbocycles. The van der Waals surface area contributed by atoms with Gasteiger partial charge in [0.15, 0.2) is 0 Å². The number of nitrogens with one attached hydrogen (secondary N) is 2. The molecule has 24 heavy (non-hydrogen) atoms. The van der Waals surface area contributed by atoms with Crippen LogP contribution >= 0.6 is 0 Å². The molecule has 7 heteroatoms. The average Bonchev–Trinajstić information content (AvgIpc) is 3.01. The third-order valence-electron chi connectivity index (χ3n) is 4.09. The second-order valence-electron chi connectivity index (χ2n) is 5.99. The fraction of sp³-hybridized carbons (Fsp3) is 0.471. The van der Waals surface area contributed by atoms with Gasteiger partial charge in [-0.15, -0.1) is 0 Å². The van der Waals surface area contributed by atoms with Crippen molar-refractivity contribution in [2.45, 2.75) is 31.7 Å². The lowest BCUT2D eigenvalue weighted by atomic mass is 10.1. The van der Waals surface area contributed by atoms with E-state index >= 15 is 0 Å². The largest absolute Gasteiger partial charge is 0.468 e. The topological polar surface area (TPSA) is 111 Å². The molecule has 1 aromatic rings. The zero-order chi connectivity index (χ0) is 17.5. The van der Waals surface area contributed by atoms with Crippen LogP contribution in [0.5, 0.6) is 0 Å². The second-order valence-corrected chi connectivity index (χ2v) is 5.99. The molecule has 1 aliphatic carbocycles. The molecule has 0 spiro atoms. The summed E-state index contributed by atoms with van der Waals surface area (Å²) in [6.07, 6.45) is 2.59. The fourth-order valence-corrected chi connectivity index (χ4v) is 2.70. The van der Waals surface area contributed by atoms with Crippen LogP contribution in [-0.2, 0) is 25.5 Å². The van der Waals surface area contributed by atoms with Crippen molar-refractivity contribution >= 4 is 23.5 Å². The maximum absolute atomic E-state index is 12.1. The molecule has 2 atom stereocenters. The van der Waals surface area contributed by atoms with E-state index in [0.29, 0.717) is 5.69 Å². The van der Waals surface area contributed by atoms with Crippen molar-refractivity contribution in [1.82, 2.24) is 5.32 Å². The molecule has 1 aromatic carbocycles. The van der Waals surface area contributed by atoms with Crippen molar-refractivity contribution in [3.8, 4) is 0 Å². The standard InChI is InChI=1S/C17H23N3O4/c1-24-16(22)10-19-15(21)8-11-2-6-14(7-3-11)20-17(23)12-4-5-13(18)9-12/h2-3,6-7,12-13H,4-5,8-10,18H2,1H3,(H,19,21)(H,20,23). The van der Waals surface area contributed by atoms with Gasteiger partial charge in [0, 0.05) is 17.6 Å². The van der Waals surface area contributed by atoms with Crippen molar-refractivity contribution < 1.29 is 19.1 Å². The predicted octanol–water partition coefficient (Wildman–Crippen LogP) is 0.584. The summed E-state index contributed by atoms with van der Waals surface area (Å²) in [5, 5.41) is 5.35. The quantitative estimate of drug-likeness (QED) is 0.660. The molecular weight excluding hydrogens is 310 g/mol. The molecule has 0 radical (unpaired) electrons. The molecule has 130 valence electrons. The Hall–Kier alpha value is -2.41. The van der Waals surface area contributed by atoms with Crippen molar-refractivity contribution in [3.05, 3.63) is 29.8 Å². The van der Waals surface area contributed by atoms with Crippen LogP contribution in [0.15, 0.2) is 24.3 Å². The molecule has 0 heterocycles. The van der Waals surface area contributed by atoms with Gasteiger partial charge in [0.05, 0.1) is 13.5 Å². The highest BCUT2D eigenvalue weighted by molar-refractivity contribution is 5.92. The van der Waals surface area contributed by atoms with Gasteiger partial charge in [-0.25, -0.2) is 0 Å². The van der Waals surface area contributed by atoms with E-state index in [4.69, 9.17) is 5.73 Å². The van der Waals surface area contributed by atoms with Crippen LogP contribution in [0.3, 0.4) is 0 Å². The SMILES string of the molecule is COC(=O)CNC(=O)Cc1ccc(NC(=O)C2CCC(N)C2)cc1. The minimum absolute atomic E-state index is 0.00785. The molecule has 4 N–H and O–H groups in total. The molecule has 7 nitrogen and oxygen atoms in total. The van der Waals surface area contributed by atoms with E-state index < -0.39 is 5.97 Å². The van der Waals surface area contributed by atoms with Crippen LogP contribution in [0.4, 0.5) is 5.69 Å². The highest BCUT2D eigenvalue weighted by atomic mass is 16.5. The van der Waals surface area contributed by atoms with Crippen LogP contribution in [0.25, 0.3) is 0 Å². The molecular formula is C17H23N3O4. The Balaban J connectivity index is 1.81. The molecule has 2 amide bonds. The molecule has 0 aliphatic heterocycles. The van der Waals surface area contributed by atoms with Crippen LogP contribution < -0.4 is 16.4 Å². The molecule has 0 saturated heterocycles. The van der Waals surface area contributed by atoms with Crippen molar-refractivity contribution in [2.24, 2.45) is 11.7 Å². The number of carbonyl (C=O) groups excluding carboxylic acids is 3. The summed E-state index contributed by atoms with van der Waals surface area (Å²) >= 11 is 0. The highest BCUT2D eigenvalue weighted by Crippen LogP contribution is 2.25. The van der Waals surface area contributed by atoms with Crippen LogP contribution in [0.2, 0.25) is 0 Å². The number of methoxy groups -OCH3 is 1. The van der Waals surface area contributed by atoms with Crippen molar-refractivity contribution in [2.75, 3.05) is 19.0 Å². The van der Waals surface area contributed by atoms with E-state index in [1.807, 2.05) is 0 Å². The zero-order valence-corrected chi connectivity index (χ0v) is 13.7. The predicted molar refractivity (Wildman–Crippen MR) is 89.1 cm³/mol. The minimum atomic E-state index is -0.493. The maximum atomic E-state index is 12.1. The first-order valence-electron chi connectivity index (χ1n) is 7.97. The Morgan fingerprint density at radius 3 is 2.50 bits per heavy atom. The molecule has 1 fully saturated rings. The number of carbonyl (C=O) groups is 3. The van der Waals surface area contributed by atoms with Gasteiger partial charge in [0.1, 0.15) is 6.54 Å². The van der Waals surface area contributed by atoms with Gasteiger partial charge in [0.2, 0.25) is 11.8 Å². The third kappa shape index (κ3) is 5.34. The molecule has 0 bridgehead atoms. The molecule has 0 aromatic heterocycles. The molecule has 2 rings (SSSR count). The Labute approximate surface area is 140 Å². The van der Waals surface area contributed by atoms with Crippen LogP contribution in [0.1, 0.15) is 24.8 Å². The van der Waals surface area contributed by atoms with E-state index in [1.165, 1.54) is 7.11 Å². The van der Waals surface area contributed by atoms with Gasteiger partial charge >= 0.3 is 5.97 Å². The summed E-state index contributed by atoms with van der Waals surface area (Å²) in [6, 6.07) is 7.18. The number of nitrogens with two attached hydrogens (primary N) is 1. The first-order valence-corrected chi connectivity index (χ1v) is 7.97. The van der Waals surface area contributed by atoms with Crippen LogP contribution in [-0.4, -0.2) is 37.5 Å². The highest BCUT2D eigenvalue weighted by Gasteiger charge is 2.27. The smallest absolute Gasteiger partial charge is 0.325 e. The van der Waals surface area contributed by atoms with Gasteiger partial charge in [-0.1, -0.05) is 12.1 Å². The van der Waals surface area contributed by atoms with Gasteiger partial charge < -0.3 is 21.1 Å². The number of ether oxygens (including phenoxy) is 1. The van der Waals surface area contributed by atoms with Crippen molar-refractivity contribution in [3.63, 3.8) is 0 Å². The van der Waals surface area contributed by atoms with E-state index in [2.05, 4.69) is 15.4 Å². The van der Waals surface area contributed by atoms with Gasteiger partial charge in [-0.05, 0) is 37.0 Å². The van der Waals surface area contributed by atoms with E-state index in [-0.39, 0.29) is 36.7 Å². The number of amides is 2. The summed E-state index contributed by atoms with van der Waals surface area (Å²) in [6.45, 7) is -0.146. The number of hydrogen-bond acceptors (Lipinski definition) is 5. The third-order valence-corrected chi connectivity index (χ3v) is 4.09.